The molecule has 0 bridgehead atoms. The number of nitrogens with one attached hydrogen (secondary N) is 1. The number of hydrogen-bond donors (Lipinski definition) is 2. The van der Waals surface area contributed by atoms with Crippen LogP contribution in [0.2, 0.25) is 10.0 Å². The molecule has 0 radical (unpaired) electrons. The maximum Gasteiger partial charge on any atom is 0.145 e. The van der Waals surface area contributed by atoms with Gasteiger partial charge >= 0.3 is 0 Å². The Hall–Kier alpha value is -0.510. The molecule has 2 unspecified atom stereocenters. The quantitative estimate of drug-likeness (QED) is 0.812. The lowest BCUT2D eigenvalue weighted by molar-refractivity contribution is 0.577. The maximum absolute atomic E-state index is 6.08. The van der Waals surface area contributed by atoms with Crippen molar-refractivity contribution >= 4 is 29.0 Å². The second-order valence-electron chi connectivity index (χ2n) is 4.59. The summed E-state index contributed by atoms with van der Waals surface area (Å²) in [5.41, 5.74) is 5.95. The van der Waals surface area contributed by atoms with E-state index in [1.807, 2.05) is 0 Å². The molecular formula is C12H17Cl2N3. The lowest BCUT2D eigenvalue weighted by Gasteiger charge is -2.17. The van der Waals surface area contributed by atoms with Crippen LogP contribution in [0.1, 0.15) is 32.1 Å². The fourth-order valence-corrected chi connectivity index (χ4v) is 2.62. The summed E-state index contributed by atoms with van der Waals surface area (Å²) in [4.78, 5) is 4.22. The molecule has 1 aliphatic carbocycles. The van der Waals surface area contributed by atoms with Crippen LogP contribution >= 0.6 is 23.2 Å². The van der Waals surface area contributed by atoms with E-state index in [2.05, 4.69) is 10.3 Å². The van der Waals surface area contributed by atoms with Gasteiger partial charge in [-0.05, 0) is 38.2 Å². The van der Waals surface area contributed by atoms with E-state index in [0.717, 1.165) is 37.9 Å². The van der Waals surface area contributed by atoms with Gasteiger partial charge in [-0.25, -0.2) is 4.98 Å². The van der Waals surface area contributed by atoms with Crippen molar-refractivity contribution in [3.05, 3.63) is 22.3 Å². The molecule has 0 saturated heterocycles. The van der Waals surface area contributed by atoms with E-state index in [-0.39, 0.29) is 0 Å². The molecule has 3 N–H and O–H groups in total. The Labute approximate surface area is 112 Å². The molecule has 1 fully saturated rings. The van der Waals surface area contributed by atoms with Gasteiger partial charge in [0.15, 0.2) is 0 Å². The predicted molar refractivity (Wildman–Crippen MR) is 72.7 cm³/mol. The zero-order chi connectivity index (χ0) is 12.3. The molecule has 2 rings (SSSR count). The molecule has 1 aliphatic rings. The Kier molecular flexibility index (Phi) is 4.48. The molecule has 1 aromatic rings. The SMILES string of the molecule is NC1CCCC(Nc2ncc(Cl)cc2Cl)CC1. The molecule has 94 valence electrons. The number of rotatable bonds is 2. The van der Waals surface area contributed by atoms with Crippen LogP contribution in [-0.4, -0.2) is 17.1 Å². The fourth-order valence-electron chi connectivity index (χ4n) is 2.19. The number of halogens is 2. The first-order chi connectivity index (χ1) is 8.15. The molecule has 0 aromatic carbocycles. The minimum absolute atomic E-state index is 0.343. The third-order valence-electron chi connectivity index (χ3n) is 3.16. The van der Waals surface area contributed by atoms with Crippen LogP contribution in [0, 0.1) is 0 Å². The van der Waals surface area contributed by atoms with Gasteiger partial charge in [0, 0.05) is 18.3 Å². The summed E-state index contributed by atoms with van der Waals surface area (Å²) in [7, 11) is 0. The summed E-state index contributed by atoms with van der Waals surface area (Å²) in [6.45, 7) is 0. The normalized spacial score (nSPS) is 25.4. The Morgan fingerprint density at radius 1 is 1.24 bits per heavy atom. The molecule has 2 atom stereocenters. The third kappa shape index (κ3) is 3.73. The average molecular weight is 274 g/mol. The van der Waals surface area contributed by atoms with E-state index < -0.39 is 0 Å². The number of hydrogen-bond acceptors (Lipinski definition) is 3. The van der Waals surface area contributed by atoms with Crippen LogP contribution in [0.3, 0.4) is 0 Å². The van der Waals surface area contributed by atoms with Gasteiger partial charge in [-0.2, -0.15) is 0 Å². The number of nitrogens with two attached hydrogens (primary N) is 1. The highest BCUT2D eigenvalue weighted by molar-refractivity contribution is 6.35. The summed E-state index contributed by atoms with van der Waals surface area (Å²) in [6, 6.07) is 2.46. The van der Waals surface area contributed by atoms with Crippen molar-refractivity contribution in [2.45, 2.75) is 44.2 Å². The minimum atomic E-state index is 0.343. The standard InChI is InChI=1S/C12H17Cl2N3/c13-8-6-11(14)12(16-7-8)17-10-3-1-2-9(15)4-5-10/h6-7,9-10H,1-5,15H2,(H,16,17). The van der Waals surface area contributed by atoms with Gasteiger partial charge in [-0.1, -0.05) is 23.2 Å². The summed E-state index contributed by atoms with van der Waals surface area (Å²) < 4.78 is 0. The van der Waals surface area contributed by atoms with Crippen LogP contribution in [0.15, 0.2) is 12.3 Å². The summed E-state index contributed by atoms with van der Waals surface area (Å²) in [5.74, 6) is 0.719. The van der Waals surface area contributed by atoms with Gasteiger partial charge in [-0.3, -0.25) is 0 Å². The number of anilines is 1. The minimum Gasteiger partial charge on any atom is -0.366 e. The Morgan fingerprint density at radius 3 is 2.82 bits per heavy atom. The second-order valence-corrected chi connectivity index (χ2v) is 5.44. The molecule has 3 nitrogen and oxygen atoms in total. The molecule has 17 heavy (non-hydrogen) atoms. The van der Waals surface area contributed by atoms with E-state index in [1.165, 1.54) is 0 Å². The zero-order valence-corrected chi connectivity index (χ0v) is 11.1. The molecular weight excluding hydrogens is 257 g/mol. The van der Waals surface area contributed by atoms with Crippen molar-refractivity contribution in [2.24, 2.45) is 5.73 Å². The van der Waals surface area contributed by atoms with Crippen molar-refractivity contribution in [3.8, 4) is 0 Å². The summed E-state index contributed by atoms with van der Waals surface area (Å²) in [6.07, 6.45) is 7.13. The summed E-state index contributed by atoms with van der Waals surface area (Å²) in [5, 5.41) is 4.51. The van der Waals surface area contributed by atoms with Gasteiger partial charge in [0.1, 0.15) is 5.82 Å². The highest BCUT2D eigenvalue weighted by Crippen LogP contribution is 2.26. The number of pyridine rings is 1. The van der Waals surface area contributed by atoms with Gasteiger partial charge < -0.3 is 11.1 Å². The molecule has 5 heteroatoms. The van der Waals surface area contributed by atoms with Crippen molar-refractivity contribution in [3.63, 3.8) is 0 Å². The first kappa shape index (κ1) is 12.9. The Morgan fingerprint density at radius 2 is 2.06 bits per heavy atom. The lowest BCUT2D eigenvalue weighted by atomic mass is 10.1. The maximum atomic E-state index is 6.08. The van der Waals surface area contributed by atoms with Crippen LogP contribution in [0.25, 0.3) is 0 Å². The molecule has 1 aromatic heterocycles. The zero-order valence-electron chi connectivity index (χ0n) is 9.63. The second kappa shape index (κ2) is 5.89. The molecule has 1 heterocycles. The molecule has 1 saturated carbocycles. The van der Waals surface area contributed by atoms with Crippen molar-refractivity contribution in [1.82, 2.24) is 4.98 Å². The highest BCUT2D eigenvalue weighted by Gasteiger charge is 2.17. The van der Waals surface area contributed by atoms with E-state index in [4.69, 9.17) is 28.9 Å². The van der Waals surface area contributed by atoms with E-state index in [1.54, 1.807) is 12.3 Å². The average Bonchev–Trinajstić information content (AvgIpc) is 2.48. The van der Waals surface area contributed by atoms with E-state index in [9.17, 15) is 0 Å². The Bertz CT molecular complexity index is 384. The van der Waals surface area contributed by atoms with Gasteiger partial charge in [0.2, 0.25) is 0 Å². The molecule has 0 aliphatic heterocycles. The van der Waals surface area contributed by atoms with Crippen LogP contribution in [-0.2, 0) is 0 Å². The first-order valence-electron chi connectivity index (χ1n) is 5.98. The number of nitrogens with zero attached hydrogens (tertiary/aromatic N) is 1. The number of aromatic nitrogens is 1. The third-order valence-corrected chi connectivity index (χ3v) is 3.66. The van der Waals surface area contributed by atoms with E-state index in [0.29, 0.717) is 22.1 Å². The van der Waals surface area contributed by atoms with Crippen LogP contribution in [0.5, 0.6) is 0 Å². The molecule has 0 spiro atoms. The van der Waals surface area contributed by atoms with Crippen molar-refractivity contribution < 1.29 is 0 Å². The topological polar surface area (TPSA) is 50.9 Å². The predicted octanol–water partition coefficient (Wildman–Crippen LogP) is 3.46. The van der Waals surface area contributed by atoms with Crippen molar-refractivity contribution in [2.75, 3.05) is 5.32 Å². The first-order valence-corrected chi connectivity index (χ1v) is 6.74. The highest BCUT2D eigenvalue weighted by atomic mass is 35.5. The van der Waals surface area contributed by atoms with Gasteiger partial charge in [0.05, 0.1) is 10.0 Å². The van der Waals surface area contributed by atoms with Gasteiger partial charge in [-0.15, -0.1) is 0 Å². The molecule has 0 amide bonds. The van der Waals surface area contributed by atoms with E-state index >= 15 is 0 Å². The Balaban J connectivity index is 2.00. The van der Waals surface area contributed by atoms with Gasteiger partial charge in [0.25, 0.3) is 0 Å². The smallest absolute Gasteiger partial charge is 0.145 e. The van der Waals surface area contributed by atoms with Crippen LogP contribution < -0.4 is 11.1 Å². The summed E-state index contributed by atoms with van der Waals surface area (Å²) >= 11 is 11.9. The van der Waals surface area contributed by atoms with Crippen LogP contribution in [0.4, 0.5) is 5.82 Å². The lowest BCUT2D eigenvalue weighted by Crippen LogP contribution is -2.21. The largest absolute Gasteiger partial charge is 0.366 e. The monoisotopic (exact) mass is 273 g/mol. The fraction of sp³-hybridized carbons (Fsp3) is 0.583. The van der Waals surface area contributed by atoms with Crippen molar-refractivity contribution in [1.29, 1.82) is 0 Å².